The zero-order valence-electron chi connectivity index (χ0n) is 11.3. The van der Waals surface area contributed by atoms with Crippen LogP contribution in [-0.2, 0) is 4.74 Å². The van der Waals surface area contributed by atoms with Gasteiger partial charge in [0.15, 0.2) is 0 Å². The van der Waals surface area contributed by atoms with Crippen molar-refractivity contribution < 1.29 is 25.2 Å². The van der Waals surface area contributed by atoms with E-state index in [0.717, 1.165) is 0 Å². The Hall–Kier alpha value is -1.51. The van der Waals surface area contributed by atoms with Crippen LogP contribution in [-0.4, -0.2) is 63.4 Å². The fourth-order valence-corrected chi connectivity index (χ4v) is 2.61. The van der Waals surface area contributed by atoms with Crippen LogP contribution < -0.4 is 5.73 Å². The van der Waals surface area contributed by atoms with Crippen LogP contribution in [0, 0.1) is 5.41 Å². The number of benzene rings is 1. The third-order valence-electron chi connectivity index (χ3n) is 3.75. The Kier molecular flexibility index (Phi) is 4.92. The van der Waals surface area contributed by atoms with Gasteiger partial charge in [0.05, 0.1) is 12.5 Å². The molecule has 6 atom stereocenters. The van der Waals surface area contributed by atoms with Gasteiger partial charge in [0.1, 0.15) is 36.4 Å². The monoisotopic (exact) mass is 296 g/mol. The first-order chi connectivity index (χ1) is 9.97. The normalized spacial score (nSPS) is 34.4. The highest BCUT2D eigenvalue weighted by Gasteiger charge is 2.47. The Labute approximate surface area is 122 Å². The van der Waals surface area contributed by atoms with Crippen LogP contribution in [0.25, 0.3) is 0 Å². The van der Waals surface area contributed by atoms with Crippen LogP contribution in [0.2, 0.25) is 0 Å². The van der Waals surface area contributed by atoms with E-state index in [-0.39, 0.29) is 5.84 Å². The number of ether oxygens (including phenoxy) is 1. The van der Waals surface area contributed by atoms with Crippen LogP contribution in [0.4, 0.5) is 0 Å². The average molecular weight is 296 g/mol. The van der Waals surface area contributed by atoms with Gasteiger partial charge in [-0.25, -0.2) is 0 Å². The number of amidine groups is 1. The molecule has 0 bridgehead atoms. The summed E-state index contributed by atoms with van der Waals surface area (Å²) < 4.78 is 5.48. The van der Waals surface area contributed by atoms with E-state index in [1.54, 1.807) is 30.3 Å². The van der Waals surface area contributed by atoms with E-state index in [9.17, 15) is 20.4 Å². The maximum atomic E-state index is 10.1. The minimum Gasteiger partial charge on any atom is -0.394 e. The predicted octanol–water partition coefficient (Wildman–Crippen LogP) is -1.45. The molecule has 21 heavy (non-hydrogen) atoms. The van der Waals surface area contributed by atoms with Gasteiger partial charge in [-0.1, -0.05) is 30.3 Å². The summed E-state index contributed by atoms with van der Waals surface area (Å²) in [7, 11) is 0. The van der Waals surface area contributed by atoms with Crippen molar-refractivity contribution in [2.45, 2.75) is 36.4 Å². The lowest BCUT2D eigenvalue weighted by Crippen LogP contribution is -2.61. The number of hydrogen-bond acceptors (Lipinski definition) is 6. The molecule has 0 saturated carbocycles. The topological polar surface area (TPSA) is 140 Å². The largest absolute Gasteiger partial charge is 0.394 e. The highest BCUT2D eigenvalue weighted by Crippen LogP contribution is 2.31. The minimum absolute atomic E-state index is 0.231. The number of nitrogens with one attached hydrogen (secondary N) is 1. The van der Waals surface area contributed by atoms with E-state index in [1.165, 1.54) is 0 Å². The number of aliphatic hydroxyl groups excluding tert-OH is 4. The lowest BCUT2D eigenvalue weighted by molar-refractivity contribution is -0.230. The van der Waals surface area contributed by atoms with Crippen molar-refractivity contribution in [3.63, 3.8) is 0 Å². The highest BCUT2D eigenvalue weighted by atomic mass is 16.5. The van der Waals surface area contributed by atoms with Crippen molar-refractivity contribution in [3.05, 3.63) is 35.9 Å². The summed E-state index contributed by atoms with van der Waals surface area (Å²) in [5.74, 6) is -1.01. The molecule has 1 aliphatic heterocycles. The van der Waals surface area contributed by atoms with Crippen molar-refractivity contribution in [1.29, 1.82) is 5.41 Å². The van der Waals surface area contributed by atoms with Crippen molar-refractivity contribution in [2.75, 3.05) is 6.61 Å². The molecule has 7 heteroatoms. The Bertz CT molecular complexity index is 482. The van der Waals surface area contributed by atoms with E-state index in [2.05, 4.69) is 0 Å². The van der Waals surface area contributed by atoms with Gasteiger partial charge in [0.2, 0.25) is 0 Å². The zero-order chi connectivity index (χ0) is 15.6. The quantitative estimate of drug-likeness (QED) is 0.297. The molecule has 7 nitrogen and oxygen atoms in total. The van der Waals surface area contributed by atoms with Gasteiger partial charge in [-0.05, 0) is 5.56 Å². The van der Waals surface area contributed by atoms with Gasteiger partial charge in [-0.15, -0.1) is 0 Å². The molecule has 1 heterocycles. The van der Waals surface area contributed by atoms with Crippen molar-refractivity contribution in [3.8, 4) is 0 Å². The number of hydrogen-bond donors (Lipinski definition) is 6. The van der Waals surface area contributed by atoms with E-state index in [1.807, 2.05) is 0 Å². The van der Waals surface area contributed by atoms with Gasteiger partial charge in [-0.3, -0.25) is 5.41 Å². The summed E-state index contributed by atoms with van der Waals surface area (Å²) in [6.45, 7) is -0.513. The molecule has 1 fully saturated rings. The Morgan fingerprint density at radius 2 is 1.76 bits per heavy atom. The maximum Gasteiger partial charge on any atom is 0.111 e. The van der Waals surface area contributed by atoms with Crippen LogP contribution in [0.3, 0.4) is 0 Å². The lowest BCUT2D eigenvalue weighted by atomic mass is 9.83. The first-order valence-corrected chi connectivity index (χ1v) is 6.66. The van der Waals surface area contributed by atoms with Gasteiger partial charge in [-0.2, -0.15) is 0 Å². The van der Waals surface area contributed by atoms with E-state index >= 15 is 0 Å². The van der Waals surface area contributed by atoms with Crippen molar-refractivity contribution in [1.82, 2.24) is 0 Å². The van der Waals surface area contributed by atoms with Crippen LogP contribution >= 0.6 is 0 Å². The number of rotatable bonds is 4. The average Bonchev–Trinajstić information content (AvgIpc) is 2.48. The van der Waals surface area contributed by atoms with Gasteiger partial charge >= 0.3 is 0 Å². The van der Waals surface area contributed by atoms with Gasteiger partial charge < -0.3 is 30.9 Å². The Morgan fingerprint density at radius 3 is 2.29 bits per heavy atom. The molecule has 1 aliphatic rings. The van der Waals surface area contributed by atoms with Crippen LogP contribution in [0.1, 0.15) is 11.5 Å². The first-order valence-electron chi connectivity index (χ1n) is 6.66. The summed E-state index contributed by atoms with van der Waals surface area (Å²) in [6.07, 6.45) is -6.37. The minimum atomic E-state index is -1.48. The summed E-state index contributed by atoms with van der Waals surface area (Å²) in [5.41, 5.74) is 6.26. The SMILES string of the molecule is N=C(N)C(c1ccccc1)[C@@H]1O[C@H](CO)[C@@H](O)[C@H](O)[C@@H]1O. The fraction of sp³-hybridized carbons (Fsp3) is 0.500. The summed E-state index contributed by atoms with van der Waals surface area (Å²) >= 11 is 0. The predicted molar refractivity (Wildman–Crippen MR) is 74.9 cm³/mol. The second kappa shape index (κ2) is 6.50. The standard InChI is InChI=1S/C14H20N2O5/c15-14(16)9(7-4-2-1-3-5-7)13-12(20)11(19)10(18)8(6-17)21-13/h1-5,8-13,17-20H,6H2,(H3,15,16)/t8-,9?,10-,11+,12+,13+/m1/s1. The van der Waals surface area contributed by atoms with Crippen LogP contribution in [0.5, 0.6) is 0 Å². The molecule has 0 aromatic heterocycles. The maximum absolute atomic E-state index is 10.1. The van der Waals surface area contributed by atoms with Gasteiger partial charge in [0.25, 0.3) is 0 Å². The molecular formula is C14H20N2O5. The molecule has 0 aliphatic carbocycles. The van der Waals surface area contributed by atoms with E-state index in [4.69, 9.17) is 15.9 Å². The molecule has 1 saturated heterocycles. The van der Waals surface area contributed by atoms with Crippen LogP contribution in [0.15, 0.2) is 30.3 Å². The smallest absolute Gasteiger partial charge is 0.111 e. The molecule has 116 valence electrons. The molecule has 0 amide bonds. The number of nitrogens with two attached hydrogens (primary N) is 1. The molecule has 2 rings (SSSR count). The Morgan fingerprint density at radius 1 is 1.14 bits per heavy atom. The molecule has 7 N–H and O–H groups in total. The summed E-state index contributed by atoms with van der Waals surface area (Å²) in [4.78, 5) is 0. The molecule has 0 radical (unpaired) electrons. The molecular weight excluding hydrogens is 276 g/mol. The summed E-state index contributed by atoms with van der Waals surface area (Å²) in [5, 5.41) is 46.7. The highest BCUT2D eigenvalue weighted by molar-refractivity contribution is 5.85. The molecule has 1 unspecified atom stereocenters. The van der Waals surface area contributed by atoms with E-state index < -0.39 is 43.0 Å². The Balaban J connectivity index is 2.33. The fourth-order valence-electron chi connectivity index (χ4n) is 2.61. The second-order valence-corrected chi connectivity index (χ2v) is 5.14. The third-order valence-corrected chi connectivity index (χ3v) is 3.75. The molecule has 1 aromatic rings. The molecule has 0 spiro atoms. The van der Waals surface area contributed by atoms with E-state index in [0.29, 0.717) is 5.56 Å². The molecule has 1 aromatic carbocycles. The first kappa shape index (κ1) is 15.9. The number of aliphatic hydroxyl groups is 4. The van der Waals surface area contributed by atoms with Crippen molar-refractivity contribution >= 4 is 5.84 Å². The van der Waals surface area contributed by atoms with Gasteiger partial charge in [0, 0.05) is 0 Å². The second-order valence-electron chi connectivity index (χ2n) is 5.14. The lowest BCUT2D eigenvalue weighted by Gasteiger charge is -2.43. The third kappa shape index (κ3) is 3.07. The summed E-state index contributed by atoms with van der Waals surface area (Å²) in [6, 6.07) is 8.78. The van der Waals surface area contributed by atoms with Crippen molar-refractivity contribution in [2.24, 2.45) is 5.73 Å². The zero-order valence-corrected chi connectivity index (χ0v) is 11.3.